The van der Waals surface area contributed by atoms with Crippen LogP contribution in [0.1, 0.15) is 35.1 Å². The molecule has 2 rings (SSSR count). The number of aliphatic hydroxyl groups excluding tert-OH is 1. The highest BCUT2D eigenvalue weighted by Gasteiger charge is 2.20. The fourth-order valence-electron chi connectivity index (χ4n) is 2.04. The first-order valence-electron chi connectivity index (χ1n) is 6.28. The van der Waals surface area contributed by atoms with E-state index in [0.717, 1.165) is 15.9 Å². The van der Waals surface area contributed by atoms with E-state index in [1.807, 2.05) is 17.8 Å². The molecule has 2 aromatic rings. The number of nitrogens with zero attached hydrogens (tertiary/aromatic N) is 3. The van der Waals surface area contributed by atoms with E-state index < -0.39 is 0 Å². The normalized spacial score (nSPS) is 11.5. The minimum atomic E-state index is -0.0510. The predicted molar refractivity (Wildman–Crippen MR) is 76.7 cm³/mol. The number of aryl methyl sites for hydroxylation is 1. The van der Waals surface area contributed by atoms with Crippen molar-refractivity contribution in [3.63, 3.8) is 0 Å². The molecule has 6 heteroatoms. The lowest BCUT2D eigenvalue weighted by Gasteiger charge is -2.13. The molecule has 0 bridgehead atoms. The Balaban J connectivity index is 2.42. The van der Waals surface area contributed by atoms with Crippen molar-refractivity contribution in [2.24, 2.45) is 7.05 Å². The van der Waals surface area contributed by atoms with Crippen molar-refractivity contribution in [2.45, 2.75) is 19.8 Å². The monoisotopic (exact) mass is 281 g/mol. The number of fused-ring (bicyclic) bond motifs is 1. The van der Waals surface area contributed by atoms with Crippen molar-refractivity contribution in [3.05, 3.63) is 16.6 Å². The molecule has 2 heterocycles. The highest BCUT2D eigenvalue weighted by Crippen LogP contribution is 2.31. The molecule has 0 atom stereocenters. The summed E-state index contributed by atoms with van der Waals surface area (Å²) in [6.45, 7) is 4.52. The van der Waals surface area contributed by atoms with E-state index in [-0.39, 0.29) is 12.5 Å². The van der Waals surface area contributed by atoms with Crippen molar-refractivity contribution in [3.8, 4) is 0 Å². The summed E-state index contributed by atoms with van der Waals surface area (Å²) in [6.07, 6.45) is 0. The zero-order valence-corrected chi connectivity index (χ0v) is 12.5. The molecule has 1 N–H and O–H groups in total. The Kier molecular flexibility index (Phi) is 3.91. The van der Waals surface area contributed by atoms with Gasteiger partial charge in [0.15, 0.2) is 0 Å². The predicted octanol–water partition coefficient (Wildman–Crippen LogP) is 1.82. The summed E-state index contributed by atoms with van der Waals surface area (Å²) in [5.74, 6) is 0.279. The number of hydrogen-bond acceptors (Lipinski definition) is 4. The van der Waals surface area contributed by atoms with Crippen LogP contribution in [0.25, 0.3) is 10.2 Å². The molecule has 0 saturated heterocycles. The van der Waals surface area contributed by atoms with Gasteiger partial charge in [0.25, 0.3) is 5.91 Å². The Hall–Kier alpha value is -1.40. The van der Waals surface area contributed by atoms with E-state index in [0.29, 0.717) is 17.3 Å². The number of aromatic nitrogens is 2. The summed E-state index contributed by atoms with van der Waals surface area (Å²) >= 11 is 1.45. The number of carbonyl (C=O) groups is 1. The smallest absolute Gasteiger partial charge is 0.263 e. The summed E-state index contributed by atoms with van der Waals surface area (Å²) < 4.78 is 1.83. The van der Waals surface area contributed by atoms with Crippen LogP contribution in [0, 0.1) is 0 Å². The van der Waals surface area contributed by atoms with Gasteiger partial charge in [-0.05, 0) is 12.0 Å². The molecule has 0 unspecified atom stereocenters. The molecule has 0 radical (unpaired) electrons. The van der Waals surface area contributed by atoms with E-state index in [1.165, 1.54) is 16.2 Å². The largest absolute Gasteiger partial charge is 0.395 e. The van der Waals surface area contributed by atoms with Gasteiger partial charge >= 0.3 is 0 Å². The molecular weight excluding hydrogens is 262 g/mol. The number of hydrogen-bond donors (Lipinski definition) is 1. The summed E-state index contributed by atoms with van der Waals surface area (Å²) in [5.41, 5.74) is 1.03. The van der Waals surface area contributed by atoms with Crippen LogP contribution in [-0.2, 0) is 7.05 Å². The van der Waals surface area contributed by atoms with Gasteiger partial charge in [-0.25, -0.2) is 0 Å². The van der Waals surface area contributed by atoms with Crippen molar-refractivity contribution in [1.29, 1.82) is 0 Å². The van der Waals surface area contributed by atoms with Crippen LogP contribution >= 0.6 is 11.3 Å². The zero-order valence-electron chi connectivity index (χ0n) is 11.7. The Labute approximate surface area is 116 Å². The van der Waals surface area contributed by atoms with Crippen molar-refractivity contribution in [2.75, 3.05) is 20.2 Å². The van der Waals surface area contributed by atoms with Crippen molar-refractivity contribution in [1.82, 2.24) is 14.7 Å². The van der Waals surface area contributed by atoms with Gasteiger partial charge in [0.2, 0.25) is 0 Å². The molecule has 19 heavy (non-hydrogen) atoms. The first-order chi connectivity index (χ1) is 8.95. The van der Waals surface area contributed by atoms with Crippen LogP contribution in [-0.4, -0.2) is 45.9 Å². The van der Waals surface area contributed by atoms with E-state index >= 15 is 0 Å². The van der Waals surface area contributed by atoms with Gasteiger partial charge in [0.1, 0.15) is 4.83 Å². The van der Waals surface area contributed by atoms with Crippen LogP contribution in [0.15, 0.2) is 6.07 Å². The highest BCUT2D eigenvalue weighted by atomic mass is 32.1. The minimum Gasteiger partial charge on any atom is -0.395 e. The van der Waals surface area contributed by atoms with Gasteiger partial charge < -0.3 is 10.0 Å². The number of aliphatic hydroxyl groups is 1. The Morgan fingerprint density at radius 3 is 2.84 bits per heavy atom. The molecule has 1 amide bonds. The topological polar surface area (TPSA) is 58.4 Å². The van der Waals surface area contributed by atoms with E-state index in [1.54, 1.807) is 7.05 Å². The van der Waals surface area contributed by atoms with E-state index in [2.05, 4.69) is 18.9 Å². The third-order valence-corrected chi connectivity index (χ3v) is 4.27. The Morgan fingerprint density at radius 2 is 2.26 bits per heavy atom. The lowest BCUT2D eigenvalue weighted by Crippen LogP contribution is -2.28. The highest BCUT2D eigenvalue weighted by molar-refractivity contribution is 7.20. The molecule has 5 nitrogen and oxygen atoms in total. The molecule has 0 aromatic carbocycles. The summed E-state index contributed by atoms with van der Waals surface area (Å²) in [7, 11) is 3.60. The molecular formula is C13H19N3O2S. The quantitative estimate of drug-likeness (QED) is 0.930. The van der Waals surface area contributed by atoms with Gasteiger partial charge in [0, 0.05) is 26.0 Å². The molecule has 0 aliphatic carbocycles. The Morgan fingerprint density at radius 1 is 1.58 bits per heavy atom. The molecule has 2 aromatic heterocycles. The standard InChI is InChI=1S/C13H19N3O2S/c1-8(2)11-9-7-10(12(18)15(3)5-6-17)19-13(9)16(4)14-11/h7-8,17H,5-6H2,1-4H3. The van der Waals surface area contributed by atoms with Crippen molar-refractivity contribution >= 4 is 27.5 Å². The van der Waals surface area contributed by atoms with E-state index in [9.17, 15) is 4.79 Å². The van der Waals surface area contributed by atoms with Gasteiger partial charge in [-0.1, -0.05) is 13.8 Å². The average molecular weight is 281 g/mol. The van der Waals surface area contributed by atoms with Gasteiger partial charge in [0.05, 0.1) is 17.2 Å². The molecule has 0 aliphatic heterocycles. The maximum Gasteiger partial charge on any atom is 0.263 e. The first-order valence-corrected chi connectivity index (χ1v) is 7.10. The third kappa shape index (κ3) is 2.50. The van der Waals surface area contributed by atoms with Gasteiger partial charge in [-0.2, -0.15) is 5.10 Å². The maximum absolute atomic E-state index is 12.2. The number of likely N-dealkylation sites (N-methyl/N-ethyl adjacent to an activating group) is 1. The van der Waals surface area contributed by atoms with Crippen LogP contribution in [0.5, 0.6) is 0 Å². The maximum atomic E-state index is 12.2. The number of carbonyl (C=O) groups excluding carboxylic acids is 1. The number of amides is 1. The lowest BCUT2D eigenvalue weighted by molar-refractivity contribution is 0.0772. The second kappa shape index (κ2) is 5.30. The number of thiophene rings is 1. The zero-order chi connectivity index (χ0) is 14.2. The van der Waals surface area contributed by atoms with Crippen LogP contribution in [0.4, 0.5) is 0 Å². The summed E-state index contributed by atoms with van der Waals surface area (Å²) in [6, 6.07) is 1.92. The third-order valence-electron chi connectivity index (χ3n) is 3.08. The molecule has 0 spiro atoms. The second-order valence-electron chi connectivity index (χ2n) is 4.94. The number of rotatable bonds is 4. The molecule has 0 aliphatic rings. The Bertz CT molecular complexity index is 600. The van der Waals surface area contributed by atoms with Crippen LogP contribution in [0.3, 0.4) is 0 Å². The fourth-order valence-corrected chi connectivity index (χ4v) is 3.11. The average Bonchev–Trinajstić information content (AvgIpc) is 2.89. The SMILES string of the molecule is CC(C)c1nn(C)c2sc(C(=O)N(C)CCO)cc12. The van der Waals surface area contributed by atoms with E-state index in [4.69, 9.17) is 5.11 Å². The summed E-state index contributed by atoms with van der Waals surface area (Å²) in [5, 5.41) is 14.4. The van der Waals surface area contributed by atoms with Crippen LogP contribution in [0.2, 0.25) is 0 Å². The molecule has 104 valence electrons. The van der Waals surface area contributed by atoms with Gasteiger partial charge in [-0.3, -0.25) is 9.48 Å². The molecule has 0 saturated carbocycles. The van der Waals surface area contributed by atoms with Crippen LogP contribution < -0.4 is 0 Å². The summed E-state index contributed by atoms with van der Waals surface area (Å²) in [4.78, 5) is 15.4. The lowest BCUT2D eigenvalue weighted by atomic mass is 10.1. The fraction of sp³-hybridized carbons (Fsp3) is 0.538. The molecule has 0 fully saturated rings. The van der Waals surface area contributed by atoms with Crippen molar-refractivity contribution < 1.29 is 9.90 Å². The van der Waals surface area contributed by atoms with Gasteiger partial charge in [-0.15, -0.1) is 11.3 Å². The first kappa shape index (κ1) is 14.0. The minimum absolute atomic E-state index is 0.0219. The second-order valence-corrected chi connectivity index (χ2v) is 5.97.